The molecule has 0 aromatic rings. The van der Waals surface area contributed by atoms with E-state index >= 15 is 0 Å². The Morgan fingerprint density at radius 2 is 1.33 bits per heavy atom. The van der Waals surface area contributed by atoms with Crippen molar-refractivity contribution < 1.29 is 18.1 Å². The van der Waals surface area contributed by atoms with Crippen molar-refractivity contribution in [2.75, 3.05) is 40.5 Å². The van der Waals surface area contributed by atoms with E-state index in [1.54, 1.807) is 6.66 Å². The van der Waals surface area contributed by atoms with E-state index in [9.17, 15) is 4.57 Å². The van der Waals surface area contributed by atoms with Crippen molar-refractivity contribution in [3.8, 4) is 0 Å². The van der Waals surface area contributed by atoms with Gasteiger partial charge in [0.2, 0.25) is 0 Å². The van der Waals surface area contributed by atoms with Crippen molar-refractivity contribution in [3.05, 3.63) is 0 Å². The van der Waals surface area contributed by atoms with E-state index in [1.165, 1.54) is 83.5 Å². The maximum absolute atomic E-state index is 12.3. The Morgan fingerprint density at radius 3 is 1.85 bits per heavy atom. The Labute approximate surface area is 169 Å². The highest BCUT2D eigenvalue weighted by atomic mass is 31.2. The summed E-state index contributed by atoms with van der Waals surface area (Å²) >= 11 is 0. The molecule has 0 spiro atoms. The molecule has 1 heterocycles. The van der Waals surface area contributed by atoms with E-state index in [2.05, 4.69) is 21.0 Å². The quantitative estimate of drug-likeness (QED) is 0.182. The first kappa shape index (κ1) is 25.1. The molecule has 1 aliphatic heterocycles. The zero-order chi connectivity index (χ0) is 20.0. The Bertz CT molecular complexity index is 414. The predicted octanol–water partition coefficient (Wildman–Crippen LogP) is 6.78. The van der Waals surface area contributed by atoms with Crippen LogP contribution in [-0.2, 0) is 13.6 Å². The van der Waals surface area contributed by atoms with Gasteiger partial charge >= 0.3 is 7.60 Å². The summed E-state index contributed by atoms with van der Waals surface area (Å²) in [6.07, 6.45) is 18.8. The van der Waals surface area contributed by atoms with E-state index in [0.717, 1.165) is 24.0 Å². The molecule has 1 fully saturated rings. The van der Waals surface area contributed by atoms with Crippen LogP contribution < -0.4 is 0 Å². The smallest absolute Gasteiger partial charge is 0.324 e. The number of hydrogen-bond donors (Lipinski definition) is 0. The molecule has 0 aromatic heterocycles. The zero-order valence-corrected chi connectivity index (χ0v) is 19.6. The minimum absolute atomic E-state index is 0.0591. The van der Waals surface area contributed by atoms with Crippen molar-refractivity contribution >= 4 is 7.60 Å². The van der Waals surface area contributed by atoms with Gasteiger partial charge in [0, 0.05) is 6.66 Å². The lowest BCUT2D eigenvalue weighted by molar-refractivity contribution is -0.893. The van der Waals surface area contributed by atoms with E-state index in [1.807, 2.05) is 0 Å². The summed E-state index contributed by atoms with van der Waals surface area (Å²) < 4.78 is 24.5. The fourth-order valence-electron chi connectivity index (χ4n) is 3.96. The second-order valence-corrected chi connectivity index (χ2v) is 11.2. The third-order valence-electron chi connectivity index (χ3n) is 5.69. The molecule has 0 amide bonds. The fourth-order valence-corrected chi connectivity index (χ4v) is 5.15. The summed E-state index contributed by atoms with van der Waals surface area (Å²) in [7, 11) is 1.54. The van der Waals surface area contributed by atoms with E-state index in [0.29, 0.717) is 6.61 Å². The third kappa shape index (κ3) is 13.8. The van der Waals surface area contributed by atoms with Crippen LogP contribution in [0.3, 0.4) is 0 Å². The minimum Gasteiger partial charge on any atom is -0.324 e. The van der Waals surface area contributed by atoms with E-state index < -0.39 is 7.60 Å². The van der Waals surface area contributed by atoms with Crippen LogP contribution >= 0.6 is 7.60 Å². The molecule has 0 aliphatic carbocycles. The molecule has 1 rings (SSSR count). The summed E-state index contributed by atoms with van der Waals surface area (Å²) in [4.78, 5) is 0. The molecule has 0 N–H and O–H groups in total. The minimum atomic E-state index is -2.87. The molecule has 1 saturated heterocycles. The van der Waals surface area contributed by atoms with Crippen molar-refractivity contribution in [3.63, 3.8) is 0 Å². The van der Waals surface area contributed by atoms with Crippen LogP contribution in [0.4, 0.5) is 0 Å². The number of quaternary nitrogens is 1. The number of nitrogens with zero attached hydrogens (tertiary/aromatic N) is 1. The Hall–Kier alpha value is 0.110. The average molecular weight is 405 g/mol. The molecule has 0 bridgehead atoms. The highest BCUT2D eigenvalue weighted by molar-refractivity contribution is 7.53. The van der Waals surface area contributed by atoms with Crippen molar-refractivity contribution in [1.29, 1.82) is 0 Å². The molecule has 0 unspecified atom stereocenters. The van der Waals surface area contributed by atoms with Crippen LogP contribution in [0.5, 0.6) is 0 Å². The molecular formula is C22H47NO3P+. The van der Waals surface area contributed by atoms with Crippen LogP contribution in [0, 0.1) is 0 Å². The van der Waals surface area contributed by atoms with Gasteiger partial charge < -0.3 is 9.01 Å². The van der Waals surface area contributed by atoms with Crippen molar-refractivity contribution in [1.82, 2.24) is 0 Å². The molecule has 27 heavy (non-hydrogen) atoms. The molecule has 162 valence electrons. The first-order chi connectivity index (χ1) is 12.8. The summed E-state index contributed by atoms with van der Waals surface area (Å²) in [6.45, 7) is 6.25. The van der Waals surface area contributed by atoms with Gasteiger partial charge in [-0.05, 0) is 6.42 Å². The molecule has 2 atom stereocenters. The van der Waals surface area contributed by atoms with E-state index in [4.69, 9.17) is 9.05 Å². The van der Waals surface area contributed by atoms with Crippen LogP contribution in [0.1, 0.15) is 96.8 Å². The Kier molecular flexibility index (Phi) is 13.2. The zero-order valence-electron chi connectivity index (χ0n) is 18.7. The molecule has 0 aromatic carbocycles. The third-order valence-corrected chi connectivity index (χ3v) is 7.02. The molecule has 1 aliphatic rings. The van der Waals surface area contributed by atoms with Gasteiger partial charge in [-0.1, -0.05) is 90.4 Å². The molecule has 0 saturated carbocycles. The summed E-state index contributed by atoms with van der Waals surface area (Å²) in [6, 6.07) is 0. The van der Waals surface area contributed by atoms with Crippen LogP contribution in [0.15, 0.2) is 0 Å². The van der Waals surface area contributed by atoms with E-state index in [-0.39, 0.29) is 6.10 Å². The normalized spacial score (nSPS) is 25.9. The van der Waals surface area contributed by atoms with Gasteiger partial charge in [-0.2, -0.15) is 0 Å². The first-order valence-corrected chi connectivity index (χ1v) is 13.6. The van der Waals surface area contributed by atoms with Gasteiger partial charge in [-0.15, -0.1) is 0 Å². The SMILES string of the molecule is CCCCCCCCCCCCCCC[C@@H]1C[N+](C)(C)CCO[P@@](C)(=O)O1. The number of hydrogen-bond acceptors (Lipinski definition) is 3. The van der Waals surface area contributed by atoms with Gasteiger partial charge in [0.25, 0.3) is 0 Å². The van der Waals surface area contributed by atoms with Gasteiger partial charge in [-0.3, -0.25) is 9.09 Å². The molecule has 4 nitrogen and oxygen atoms in total. The van der Waals surface area contributed by atoms with Gasteiger partial charge in [-0.25, -0.2) is 0 Å². The standard InChI is InChI=1S/C22H47NO3P/c1-5-6-7-8-9-10-11-12-13-14-15-16-17-18-22-21-23(2,3)19-20-25-27(4,24)26-22/h22H,5-21H2,1-4H3/q+1/t22-,27-/m1/s1. The largest absolute Gasteiger partial charge is 0.328 e. The first-order valence-electron chi connectivity index (χ1n) is 11.6. The van der Waals surface area contributed by atoms with Gasteiger partial charge in [0.05, 0.1) is 14.1 Å². The lowest BCUT2D eigenvalue weighted by atomic mass is 10.0. The van der Waals surface area contributed by atoms with Crippen molar-refractivity contribution in [2.24, 2.45) is 0 Å². The number of rotatable bonds is 14. The summed E-state index contributed by atoms with van der Waals surface area (Å²) in [5.74, 6) is 0. The van der Waals surface area contributed by atoms with Crippen molar-refractivity contribution in [2.45, 2.75) is 103 Å². The summed E-state index contributed by atoms with van der Waals surface area (Å²) in [5.41, 5.74) is 0. The maximum Gasteiger partial charge on any atom is 0.328 e. The van der Waals surface area contributed by atoms with Crippen LogP contribution in [0.25, 0.3) is 0 Å². The fraction of sp³-hybridized carbons (Fsp3) is 1.00. The number of likely N-dealkylation sites (N-methyl/N-ethyl adjacent to an activating group) is 1. The second kappa shape index (κ2) is 14.1. The van der Waals surface area contributed by atoms with Gasteiger partial charge in [0.1, 0.15) is 25.8 Å². The Balaban J connectivity index is 2.02. The number of unbranched alkanes of at least 4 members (excludes halogenated alkanes) is 12. The van der Waals surface area contributed by atoms with Crippen LogP contribution in [0.2, 0.25) is 0 Å². The monoisotopic (exact) mass is 404 g/mol. The maximum atomic E-state index is 12.3. The van der Waals surface area contributed by atoms with Crippen LogP contribution in [-0.4, -0.2) is 51.0 Å². The molecular weight excluding hydrogens is 357 g/mol. The average Bonchev–Trinajstić information content (AvgIpc) is 2.56. The second-order valence-electron chi connectivity index (χ2n) is 9.21. The lowest BCUT2D eigenvalue weighted by Crippen LogP contribution is -2.48. The topological polar surface area (TPSA) is 35.5 Å². The van der Waals surface area contributed by atoms with Gasteiger partial charge in [0.15, 0.2) is 0 Å². The Morgan fingerprint density at radius 1 is 0.852 bits per heavy atom. The summed E-state index contributed by atoms with van der Waals surface area (Å²) in [5, 5.41) is 0. The highest BCUT2D eigenvalue weighted by Gasteiger charge is 2.32. The highest BCUT2D eigenvalue weighted by Crippen LogP contribution is 2.46. The lowest BCUT2D eigenvalue weighted by Gasteiger charge is -2.36. The molecule has 5 heteroatoms. The molecule has 0 radical (unpaired) electrons. The predicted molar refractivity (Wildman–Crippen MR) is 117 cm³/mol.